The number of nitrogens with one attached hydrogen (secondary N) is 1. The molecular formula is C14H14N4S2. The number of rotatable bonds is 4. The monoisotopic (exact) mass is 302 g/mol. The molecule has 0 aliphatic rings. The molecule has 0 amide bonds. The summed E-state index contributed by atoms with van der Waals surface area (Å²) in [7, 11) is 0. The van der Waals surface area contributed by atoms with Gasteiger partial charge in [-0.15, -0.1) is 23.1 Å². The van der Waals surface area contributed by atoms with E-state index >= 15 is 0 Å². The van der Waals surface area contributed by atoms with E-state index in [1.807, 2.05) is 18.2 Å². The number of hydrogen-bond donors (Lipinski definition) is 2. The fourth-order valence-corrected chi connectivity index (χ4v) is 3.60. The van der Waals surface area contributed by atoms with Gasteiger partial charge in [0.15, 0.2) is 5.82 Å². The van der Waals surface area contributed by atoms with Crippen molar-refractivity contribution in [2.75, 3.05) is 5.43 Å². The van der Waals surface area contributed by atoms with E-state index < -0.39 is 0 Å². The van der Waals surface area contributed by atoms with E-state index in [4.69, 9.17) is 5.84 Å². The van der Waals surface area contributed by atoms with Crippen molar-refractivity contribution in [1.82, 2.24) is 9.97 Å². The molecular weight excluding hydrogens is 288 g/mol. The molecule has 0 unspecified atom stereocenters. The lowest BCUT2D eigenvalue weighted by Gasteiger charge is -2.05. The SMILES string of the molecule is Cc1cc2c(NN)nc(CSc3ccccc3)nc2s1. The number of thiophene rings is 1. The Morgan fingerprint density at radius 2 is 2.05 bits per heavy atom. The molecule has 0 fully saturated rings. The number of fused-ring (bicyclic) bond motifs is 1. The number of nitrogen functional groups attached to an aromatic ring is 1. The smallest absolute Gasteiger partial charge is 0.152 e. The third-order valence-electron chi connectivity index (χ3n) is 2.81. The summed E-state index contributed by atoms with van der Waals surface area (Å²) in [6.07, 6.45) is 0. The molecule has 102 valence electrons. The molecule has 0 atom stereocenters. The minimum Gasteiger partial charge on any atom is -0.308 e. The van der Waals surface area contributed by atoms with Gasteiger partial charge >= 0.3 is 0 Å². The maximum atomic E-state index is 5.56. The zero-order valence-electron chi connectivity index (χ0n) is 11.0. The molecule has 0 aliphatic heterocycles. The second-order valence-corrected chi connectivity index (χ2v) is 6.59. The van der Waals surface area contributed by atoms with E-state index in [2.05, 4.69) is 40.5 Å². The maximum absolute atomic E-state index is 5.56. The van der Waals surface area contributed by atoms with Crippen molar-refractivity contribution in [2.45, 2.75) is 17.6 Å². The third-order valence-corrected chi connectivity index (χ3v) is 4.76. The summed E-state index contributed by atoms with van der Waals surface area (Å²) in [6.45, 7) is 2.06. The van der Waals surface area contributed by atoms with Crippen LogP contribution in [0.15, 0.2) is 41.3 Å². The van der Waals surface area contributed by atoms with Crippen molar-refractivity contribution in [3.05, 3.63) is 47.1 Å². The number of aromatic nitrogens is 2. The first-order valence-corrected chi connectivity index (χ1v) is 7.98. The Morgan fingerprint density at radius 1 is 1.25 bits per heavy atom. The zero-order chi connectivity index (χ0) is 13.9. The second-order valence-electron chi connectivity index (χ2n) is 4.31. The Labute approximate surface area is 125 Å². The highest BCUT2D eigenvalue weighted by molar-refractivity contribution is 7.98. The van der Waals surface area contributed by atoms with E-state index in [0.717, 1.165) is 21.8 Å². The van der Waals surface area contributed by atoms with Crippen LogP contribution in [-0.2, 0) is 5.75 Å². The first-order chi connectivity index (χ1) is 9.76. The fraction of sp³-hybridized carbons (Fsp3) is 0.143. The number of thioether (sulfide) groups is 1. The van der Waals surface area contributed by atoms with Crippen LogP contribution in [0.3, 0.4) is 0 Å². The Kier molecular flexibility index (Phi) is 3.86. The van der Waals surface area contributed by atoms with Gasteiger partial charge in [-0.2, -0.15) is 0 Å². The summed E-state index contributed by atoms with van der Waals surface area (Å²) >= 11 is 3.38. The van der Waals surface area contributed by atoms with Gasteiger partial charge in [0.2, 0.25) is 0 Å². The standard InChI is InChI=1S/C14H14N4S2/c1-9-7-11-13(18-15)16-12(17-14(11)20-9)8-19-10-5-3-2-4-6-10/h2-7H,8,15H2,1H3,(H,16,17,18). The molecule has 0 saturated heterocycles. The molecule has 0 spiro atoms. The third kappa shape index (κ3) is 2.77. The molecule has 0 bridgehead atoms. The van der Waals surface area contributed by atoms with Gasteiger partial charge in [0.05, 0.1) is 11.1 Å². The van der Waals surface area contributed by atoms with Crippen molar-refractivity contribution in [1.29, 1.82) is 0 Å². The summed E-state index contributed by atoms with van der Waals surface area (Å²) in [6, 6.07) is 12.3. The van der Waals surface area contributed by atoms with E-state index in [0.29, 0.717) is 5.82 Å². The van der Waals surface area contributed by atoms with Crippen LogP contribution in [0.1, 0.15) is 10.7 Å². The molecule has 3 rings (SSSR count). The van der Waals surface area contributed by atoms with E-state index in [1.54, 1.807) is 23.1 Å². The highest BCUT2D eigenvalue weighted by atomic mass is 32.2. The van der Waals surface area contributed by atoms with E-state index in [-0.39, 0.29) is 0 Å². The van der Waals surface area contributed by atoms with Gasteiger partial charge < -0.3 is 5.43 Å². The number of hydrazine groups is 1. The Hall–Kier alpha value is -1.63. The van der Waals surface area contributed by atoms with Crippen LogP contribution in [0.2, 0.25) is 0 Å². The number of aryl methyl sites for hydroxylation is 1. The van der Waals surface area contributed by atoms with Crippen molar-refractivity contribution in [3.8, 4) is 0 Å². The van der Waals surface area contributed by atoms with Gasteiger partial charge in [-0.1, -0.05) is 18.2 Å². The summed E-state index contributed by atoms with van der Waals surface area (Å²) in [4.78, 5) is 12.5. The van der Waals surface area contributed by atoms with Crippen LogP contribution < -0.4 is 11.3 Å². The van der Waals surface area contributed by atoms with Crippen LogP contribution in [-0.4, -0.2) is 9.97 Å². The molecule has 3 N–H and O–H groups in total. The Balaban J connectivity index is 1.88. The van der Waals surface area contributed by atoms with E-state index in [1.165, 1.54) is 9.77 Å². The largest absolute Gasteiger partial charge is 0.308 e. The normalized spacial score (nSPS) is 10.9. The predicted octanol–water partition coefficient (Wildman–Crippen LogP) is 3.58. The average molecular weight is 302 g/mol. The molecule has 20 heavy (non-hydrogen) atoms. The fourth-order valence-electron chi connectivity index (χ4n) is 1.93. The molecule has 6 heteroatoms. The highest BCUT2D eigenvalue weighted by Crippen LogP contribution is 2.29. The van der Waals surface area contributed by atoms with Crippen LogP contribution in [0.25, 0.3) is 10.2 Å². The zero-order valence-corrected chi connectivity index (χ0v) is 12.6. The van der Waals surface area contributed by atoms with Crippen molar-refractivity contribution >= 4 is 39.1 Å². The predicted molar refractivity (Wildman–Crippen MR) is 86.0 cm³/mol. The molecule has 1 aromatic carbocycles. The molecule has 2 aromatic heterocycles. The second kappa shape index (κ2) is 5.78. The molecule has 0 radical (unpaired) electrons. The lowest BCUT2D eigenvalue weighted by atomic mass is 10.3. The van der Waals surface area contributed by atoms with Gasteiger partial charge in [0.25, 0.3) is 0 Å². The van der Waals surface area contributed by atoms with Crippen molar-refractivity contribution in [3.63, 3.8) is 0 Å². The Bertz CT molecular complexity index is 725. The lowest BCUT2D eigenvalue weighted by molar-refractivity contribution is 1.06. The van der Waals surface area contributed by atoms with Crippen LogP contribution in [0.4, 0.5) is 5.82 Å². The van der Waals surface area contributed by atoms with Gasteiger partial charge in [-0.05, 0) is 25.1 Å². The molecule has 2 heterocycles. The number of nitrogens with two attached hydrogens (primary N) is 1. The minimum atomic E-state index is 0.697. The molecule has 0 aliphatic carbocycles. The van der Waals surface area contributed by atoms with Crippen LogP contribution in [0.5, 0.6) is 0 Å². The van der Waals surface area contributed by atoms with Crippen molar-refractivity contribution in [2.24, 2.45) is 5.84 Å². The maximum Gasteiger partial charge on any atom is 0.152 e. The lowest BCUT2D eigenvalue weighted by Crippen LogP contribution is -2.10. The number of nitrogens with zero attached hydrogens (tertiary/aromatic N) is 2. The van der Waals surface area contributed by atoms with Gasteiger partial charge in [0.1, 0.15) is 10.7 Å². The van der Waals surface area contributed by atoms with Gasteiger partial charge in [0, 0.05) is 9.77 Å². The van der Waals surface area contributed by atoms with Crippen molar-refractivity contribution < 1.29 is 0 Å². The number of anilines is 1. The number of benzene rings is 1. The molecule has 4 nitrogen and oxygen atoms in total. The summed E-state index contributed by atoms with van der Waals surface area (Å²) in [5.74, 6) is 7.78. The van der Waals surface area contributed by atoms with Gasteiger partial charge in [-0.25, -0.2) is 15.8 Å². The topological polar surface area (TPSA) is 63.8 Å². The first kappa shape index (κ1) is 13.4. The van der Waals surface area contributed by atoms with Gasteiger partial charge in [-0.3, -0.25) is 0 Å². The summed E-state index contributed by atoms with van der Waals surface area (Å²) < 4.78 is 0. The molecule has 3 aromatic rings. The van der Waals surface area contributed by atoms with Crippen LogP contribution >= 0.6 is 23.1 Å². The average Bonchev–Trinajstić information content (AvgIpc) is 2.85. The highest BCUT2D eigenvalue weighted by Gasteiger charge is 2.10. The Morgan fingerprint density at radius 3 is 2.80 bits per heavy atom. The quantitative estimate of drug-likeness (QED) is 0.438. The summed E-state index contributed by atoms with van der Waals surface area (Å²) in [5.41, 5.74) is 2.67. The summed E-state index contributed by atoms with van der Waals surface area (Å²) in [5, 5.41) is 0.989. The van der Waals surface area contributed by atoms with E-state index in [9.17, 15) is 0 Å². The first-order valence-electron chi connectivity index (χ1n) is 6.18. The number of hydrogen-bond acceptors (Lipinski definition) is 6. The minimum absolute atomic E-state index is 0.697. The molecule has 0 saturated carbocycles. The van der Waals surface area contributed by atoms with Crippen LogP contribution in [0, 0.1) is 6.92 Å².